The van der Waals surface area contributed by atoms with Crippen LogP contribution < -0.4 is 0 Å². The summed E-state index contributed by atoms with van der Waals surface area (Å²) >= 11 is 0. The Morgan fingerprint density at radius 2 is 0.477 bits per heavy atom. The molecule has 0 aromatic rings. The molecule has 3 N–H and O–H groups in total. The van der Waals surface area contributed by atoms with E-state index >= 15 is 0 Å². The molecule has 6 atom stereocenters. The highest BCUT2D eigenvalue weighted by molar-refractivity contribution is 7.47. The molecule has 0 spiro atoms. The average Bonchev–Trinajstić information content (AvgIpc) is 0.921. The third-order valence-electron chi connectivity index (χ3n) is 21.1. The molecule has 19 heteroatoms. The molecule has 0 radical (unpaired) electrons. The molecule has 0 bridgehead atoms. The number of aliphatic hydroxyl groups is 1. The minimum Gasteiger partial charge on any atom is -0.462 e. The number of aliphatic hydroxyl groups excluding tert-OH is 1. The van der Waals surface area contributed by atoms with Crippen molar-refractivity contribution in [3.63, 3.8) is 0 Å². The number of carbonyl (C=O) groups excluding carboxylic acids is 4. The molecule has 3 unspecified atom stereocenters. The topological polar surface area (TPSA) is 237 Å². The number of unbranched alkanes of at least 4 members (excludes halogenated alkanes) is 56. The monoisotopic (exact) mass is 1560 g/mol. The lowest BCUT2D eigenvalue weighted by atomic mass is 10.00. The molecule has 0 aliphatic rings. The Bertz CT molecular complexity index is 2050. The lowest BCUT2D eigenvalue weighted by Crippen LogP contribution is -2.30. The maximum Gasteiger partial charge on any atom is 0.472 e. The van der Waals surface area contributed by atoms with Gasteiger partial charge in [-0.05, 0) is 37.5 Å². The second-order valence-corrected chi connectivity index (χ2v) is 35.3. The molecule has 0 heterocycles. The molecule has 0 aliphatic carbocycles. The fourth-order valence-corrected chi connectivity index (χ4v) is 15.3. The zero-order valence-electron chi connectivity index (χ0n) is 70.5. The van der Waals surface area contributed by atoms with Gasteiger partial charge in [0.1, 0.15) is 19.3 Å². The molecular weight excluding hydrogens is 1390 g/mol. The van der Waals surface area contributed by atoms with Gasteiger partial charge in [-0.25, -0.2) is 9.13 Å². The molecule has 0 rings (SSSR count). The molecule has 107 heavy (non-hydrogen) atoms. The number of ether oxygens (including phenoxy) is 4. The Kier molecular flexibility index (Phi) is 77.9. The van der Waals surface area contributed by atoms with Gasteiger partial charge in [-0.3, -0.25) is 37.3 Å². The summed E-state index contributed by atoms with van der Waals surface area (Å²) in [6, 6.07) is 0. The smallest absolute Gasteiger partial charge is 0.462 e. The highest BCUT2D eigenvalue weighted by Gasteiger charge is 2.31. The van der Waals surface area contributed by atoms with Crippen molar-refractivity contribution in [2.45, 2.75) is 490 Å². The third kappa shape index (κ3) is 80.5. The molecule has 0 amide bonds. The largest absolute Gasteiger partial charge is 0.472 e. The summed E-state index contributed by atoms with van der Waals surface area (Å²) in [6.07, 6.45) is 72.4. The van der Waals surface area contributed by atoms with Crippen LogP contribution in [0, 0.1) is 11.8 Å². The second-order valence-electron chi connectivity index (χ2n) is 32.4. The van der Waals surface area contributed by atoms with Crippen LogP contribution in [0.5, 0.6) is 0 Å². The summed E-state index contributed by atoms with van der Waals surface area (Å²) in [5, 5.41) is 10.7. The van der Waals surface area contributed by atoms with E-state index in [9.17, 15) is 43.2 Å². The maximum atomic E-state index is 13.2. The van der Waals surface area contributed by atoms with Gasteiger partial charge in [-0.15, -0.1) is 0 Å². The van der Waals surface area contributed by atoms with Gasteiger partial charge in [0.15, 0.2) is 12.2 Å². The van der Waals surface area contributed by atoms with E-state index in [1.807, 2.05) is 0 Å². The Morgan fingerprint density at radius 3 is 0.710 bits per heavy atom. The Labute approximate surface area is 658 Å². The van der Waals surface area contributed by atoms with Gasteiger partial charge in [0.05, 0.1) is 26.4 Å². The molecule has 0 aliphatic heterocycles. The van der Waals surface area contributed by atoms with Gasteiger partial charge in [0, 0.05) is 25.7 Å². The number of hydrogen-bond donors (Lipinski definition) is 3. The van der Waals surface area contributed by atoms with Crippen LogP contribution in [0.15, 0.2) is 0 Å². The van der Waals surface area contributed by atoms with Crippen molar-refractivity contribution in [1.82, 2.24) is 0 Å². The predicted octanol–water partition coefficient (Wildman–Crippen LogP) is 27.0. The summed E-state index contributed by atoms with van der Waals surface area (Å²) < 4.78 is 68.9. The molecule has 0 aromatic heterocycles. The highest BCUT2D eigenvalue weighted by Crippen LogP contribution is 2.45. The molecule has 0 saturated heterocycles. The van der Waals surface area contributed by atoms with Crippen LogP contribution >= 0.6 is 15.6 Å². The highest BCUT2D eigenvalue weighted by atomic mass is 31.2. The van der Waals surface area contributed by atoms with Crippen molar-refractivity contribution in [3.05, 3.63) is 0 Å². The summed E-state index contributed by atoms with van der Waals surface area (Å²) in [5.74, 6) is -0.585. The van der Waals surface area contributed by atoms with Gasteiger partial charge in [-0.1, -0.05) is 420 Å². The lowest BCUT2D eigenvalue weighted by Gasteiger charge is -2.21. The van der Waals surface area contributed by atoms with E-state index in [-0.39, 0.29) is 25.7 Å². The second kappa shape index (κ2) is 79.3. The zero-order chi connectivity index (χ0) is 78.5. The maximum absolute atomic E-state index is 13.2. The van der Waals surface area contributed by atoms with E-state index in [0.717, 1.165) is 108 Å². The van der Waals surface area contributed by atoms with E-state index < -0.39 is 97.5 Å². The van der Waals surface area contributed by atoms with Crippen LogP contribution in [-0.4, -0.2) is 96.7 Å². The van der Waals surface area contributed by atoms with Crippen molar-refractivity contribution in [2.24, 2.45) is 11.8 Å². The zero-order valence-corrected chi connectivity index (χ0v) is 72.2. The molecule has 0 saturated carbocycles. The molecule has 17 nitrogen and oxygen atoms in total. The number of hydrogen-bond acceptors (Lipinski definition) is 15. The standard InChI is InChI=1S/C88H172O17P2/c1-7-10-12-14-16-18-20-22-24-26-28-29-30-32-34-36-40-44-48-52-60-66-72-87(92)104-83(76-98-85(90)70-64-58-51-47-43-39-35-33-31-27-25-23-21-19-17-15-13-11-8-2)78-102-106(94,95)100-74-82(89)75-101-107(96,97)103-79-84(77-99-86(91)71-65-59-55-54-57-63-69-81(6)9-3)105-88(93)73-67-61-53-49-45-41-37-38-42-46-50-56-62-68-80(4)5/h80-84,89H,7-79H2,1-6H3,(H,94,95)(H,96,97)/t81?,82-,83-,84-/m1/s1. The molecular formula is C88H172O17P2. The molecule has 0 fully saturated rings. The van der Waals surface area contributed by atoms with E-state index in [1.54, 1.807) is 0 Å². The number of carbonyl (C=O) groups is 4. The van der Waals surface area contributed by atoms with Crippen LogP contribution in [0.25, 0.3) is 0 Å². The molecule has 0 aromatic carbocycles. The number of esters is 4. The predicted molar refractivity (Wildman–Crippen MR) is 442 cm³/mol. The average molecular weight is 1560 g/mol. The quantitative estimate of drug-likeness (QED) is 0.0222. The summed E-state index contributed by atoms with van der Waals surface area (Å²) in [5.41, 5.74) is 0. The Balaban J connectivity index is 5.22. The van der Waals surface area contributed by atoms with Crippen molar-refractivity contribution >= 4 is 39.5 Å². The fourth-order valence-electron chi connectivity index (χ4n) is 13.7. The van der Waals surface area contributed by atoms with E-state index in [1.165, 1.54) is 283 Å². The SMILES string of the molecule is CCCCCCCCCCCCCCCCCCCCCCCCC(=O)O[C@H](COC(=O)CCCCCCCCCCCCCCCCCCCCC)COP(=O)(O)OC[C@@H](O)COP(=O)(O)OC[C@@H](COC(=O)CCCCCCCCC(C)CC)OC(=O)CCCCCCCCCCCCCCCC(C)C. The normalized spacial score (nSPS) is 14.0. The van der Waals surface area contributed by atoms with Gasteiger partial charge in [0.25, 0.3) is 0 Å². The summed E-state index contributed by atoms with van der Waals surface area (Å²) in [6.45, 7) is 9.65. The van der Waals surface area contributed by atoms with Crippen molar-refractivity contribution in [2.75, 3.05) is 39.6 Å². The third-order valence-corrected chi connectivity index (χ3v) is 23.0. The minimum atomic E-state index is -4.97. The van der Waals surface area contributed by atoms with Crippen LogP contribution in [0.2, 0.25) is 0 Å². The van der Waals surface area contributed by atoms with Gasteiger partial charge >= 0.3 is 39.5 Å². The van der Waals surface area contributed by atoms with E-state index in [2.05, 4.69) is 41.5 Å². The van der Waals surface area contributed by atoms with Crippen LogP contribution in [0.3, 0.4) is 0 Å². The first-order valence-electron chi connectivity index (χ1n) is 45.5. The van der Waals surface area contributed by atoms with Gasteiger partial charge < -0.3 is 33.8 Å². The van der Waals surface area contributed by atoms with Gasteiger partial charge in [-0.2, -0.15) is 0 Å². The van der Waals surface area contributed by atoms with Crippen LogP contribution in [0.1, 0.15) is 472 Å². The number of phosphoric acid groups is 2. The van der Waals surface area contributed by atoms with Crippen LogP contribution in [-0.2, 0) is 65.4 Å². The summed E-state index contributed by atoms with van der Waals surface area (Å²) in [4.78, 5) is 73.3. The Morgan fingerprint density at radius 1 is 0.271 bits per heavy atom. The van der Waals surface area contributed by atoms with Crippen molar-refractivity contribution in [1.29, 1.82) is 0 Å². The number of rotatable bonds is 87. The first-order valence-corrected chi connectivity index (χ1v) is 48.5. The van der Waals surface area contributed by atoms with Crippen LogP contribution in [0.4, 0.5) is 0 Å². The molecule has 636 valence electrons. The lowest BCUT2D eigenvalue weighted by molar-refractivity contribution is -0.161. The van der Waals surface area contributed by atoms with E-state index in [0.29, 0.717) is 25.7 Å². The first-order chi connectivity index (χ1) is 51.9. The summed E-state index contributed by atoms with van der Waals surface area (Å²) in [7, 11) is -9.93. The first kappa shape index (κ1) is 105. The minimum absolute atomic E-state index is 0.107. The Hall–Kier alpha value is -1.94. The number of phosphoric ester groups is 2. The van der Waals surface area contributed by atoms with Gasteiger partial charge in [0.2, 0.25) is 0 Å². The van der Waals surface area contributed by atoms with Crippen molar-refractivity contribution in [3.8, 4) is 0 Å². The fraction of sp³-hybridized carbons (Fsp3) is 0.955. The van der Waals surface area contributed by atoms with Crippen molar-refractivity contribution < 1.29 is 80.2 Å². The van der Waals surface area contributed by atoms with E-state index in [4.69, 9.17) is 37.0 Å².